The average Bonchev–Trinajstić information content (AvgIpc) is 3.31. The number of anilines is 1. The topological polar surface area (TPSA) is 105 Å². The zero-order valence-electron chi connectivity index (χ0n) is 18.5. The Bertz CT molecular complexity index is 1310. The summed E-state index contributed by atoms with van der Waals surface area (Å²) in [4.78, 5) is 11.6. The second-order valence-electron chi connectivity index (χ2n) is 7.61. The number of ether oxygens (including phenoxy) is 2. The van der Waals surface area contributed by atoms with Crippen molar-refractivity contribution in [1.29, 1.82) is 0 Å². The van der Waals surface area contributed by atoms with Gasteiger partial charge in [0, 0.05) is 12.6 Å². The van der Waals surface area contributed by atoms with Gasteiger partial charge in [-0.25, -0.2) is 13.9 Å². The molecule has 3 aromatic carbocycles. The lowest BCUT2D eigenvalue weighted by atomic mass is 10.1. The largest absolute Gasteiger partial charge is 0.497 e. The predicted molar refractivity (Wildman–Crippen MR) is 127 cm³/mol. The Morgan fingerprint density at radius 3 is 2.53 bits per heavy atom. The Hall–Kier alpha value is -3.82. The van der Waals surface area contributed by atoms with Gasteiger partial charge in [0.05, 0.1) is 17.7 Å². The van der Waals surface area contributed by atoms with Gasteiger partial charge >= 0.3 is 0 Å². The maximum Gasteiger partial charge on any atom is 0.267 e. The zero-order chi connectivity index (χ0) is 24.1. The Labute approximate surface area is 198 Å². The van der Waals surface area contributed by atoms with Crippen LogP contribution in [0.5, 0.6) is 11.5 Å². The van der Waals surface area contributed by atoms with Crippen molar-refractivity contribution in [3.05, 3.63) is 89.5 Å². The molecule has 0 saturated heterocycles. The molecule has 0 saturated carbocycles. The highest BCUT2D eigenvalue weighted by Gasteiger charge is 2.34. The maximum absolute atomic E-state index is 13.5. The normalized spacial score (nSPS) is 13.1. The van der Waals surface area contributed by atoms with Crippen molar-refractivity contribution in [3.63, 3.8) is 0 Å². The van der Waals surface area contributed by atoms with Crippen LogP contribution in [0, 0.1) is 0 Å². The number of nitrogens with one attached hydrogen (secondary N) is 1. The van der Waals surface area contributed by atoms with Gasteiger partial charge in [-0.1, -0.05) is 30.3 Å². The molecule has 9 heteroatoms. The Balaban J connectivity index is 1.73. The fraction of sp³-hybridized carbons (Fsp3) is 0.160. The van der Waals surface area contributed by atoms with Gasteiger partial charge in [-0.3, -0.25) is 14.3 Å². The lowest BCUT2D eigenvalue weighted by molar-refractivity contribution is -0.124. The number of fused-ring (bicyclic) bond motifs is 1. The van der Waals surface area contributed by atoms with Gasteiger partial charge in [-0.2, -0.15) is 0 Å². The van der Waals surface area contributed by atoms with Crippen LogP contribution in [0.25, 0.3) is 6.08 Å². The molecule has 176 valence electrons. The first-order chi connectivity index (χ1) is 16.4. The Morgan fingerprint density at radius 1 is 1.12 bits per heavy atom. The lowest BCUT2D eigenvalue weighted by Gasteiger charge is -2.23. The van der Waals surface area contributed by atoms with E-state index in [1.807, 2.05) is 36.4 Å². The molecule has 4 rings (SSSR count). The second kappa shape index (κ2) is 9.98. The third-order valence-corrected chi connectivity index (χ3v) is 7.25. The summed E-state index contributed by atoms with van der Waals surface area (Å²) in [5.74, 6) is 0.284. The van der Waals surface area contributed by atoms with Crippen LogP contribution in [-0.4, -0.2) is 33.2 Å². The second-order valence-corrected chi connectivity index (χ2v) is 9.48. The summed E-state index contributed by atoms with van der Waals surface area (Å²) >= 11 is 0. The number of carbonyl (C=O) groups is 1. The molecule has 1 aliphatic rings. The third-order valence-electron chi connectivity index (χ3n) is 5.43. The van der Waals surface area contributed by atoms with E-state index in [9.17, 15) is 13.2 Å². The minimum Gasteiger partial charge on any atom is -0.497 e. The van der Waals surface area contributed by atoms with Crippen molar-refractivity contribution in [2.24, 2.45) is 0 Å². The minimum absolute atomic E-state index is 0.152. The summed E-state index contributed by atoms with van der Waals surface area (Å²) in [6.07, 6.45) is 3.20. The highest BCUT2D eigenvalue weighted by Crippen LogP contribution is 2.42. The summed E-state index contributed by atoms with van der Waals surface area (Å²) in [6, 6.07) is 19.3. The monoisotopic (exact) mass is 480 g/mol. The number of methoxy groups -OCH3 is 1. The van der Waals surface area contributed by atoms with Crippen molar-refractivity contribution >= 4 is 27.7 Å². The molecule has 1 heterocycles. The van der Waals surface area contributed by atoms with Crippen molar-refractivity contribution in [3.8, 4) is 11.5 Å². The summed E-state index contributed by atoms with van der Waals surface area (Å²) in [5, 5.41) is 8.74. The number of hydrogen-bond donors (Lipinski definition) is 2. The quantitative estimate of drug-likeness (QED) is 0.290. The molecule has 0 unspecified atom stereocenters. The van der Waals surface area contributed by atoms with Crippen LogP contribution < -0.4 is 19.3 Å². The first-order valence-corrected chi connectivity index (χ1v) is 12.0. The van der Waals surface area contributed by atoms with Crippen molar-refractivity contribution in [1.82, 2.24) is 5.48 Å². The summed E-state index contributed by atoms with van der Waals surface area (Å²) in [7, 11) is -2.32. The molecule has 1 aliphatic heterocycles. The van der Waals surface area contributed by atoms with Crippen molar-refractivity contribution < 1.29 is 27.9 Å². The van der Waals surface area contributed by atoms with Crippen LogP contribution >= 0.6 is 0 Å². The molecule has 8 nitrogen and oxygen atoms in total. The molecule has 1 amide bonds. The molecule has 3 aromatic rings. The maximum atomic E-state index is 13.5. The van der Waals surface area contributed by atoms with Gasteiger partial charge < -0.3 is 9.47 Å². The van der Waals surface area contributed by atoms with E-state index in [1.54, 1.807) is 23.7 Å². The summed E-state index contributed by atoms with van der Waals surface area (Å²) < 4.78 is 39.6. The van der Waals surface area contributed by atoms with E-state index in [1.165, 1.54) is 35.7 Å². The number of nitrogens with zero attached hydrogens (tertiary/aromatic N) is 1. The molecule has 0 spiro atoms. The molecule has 34 heavy (non-hydrogen) atoms. The van der Waals surface area contributed by atoms with Gasteiger partial charge in [-0.05, 0) is 65.6 Å². The lowest BCUT2D eigenvalue weighted by Crippen LogP contribution is -2.29. The van der Waals surface area contributed by atoms with Crippen LogP contribution in [0.2, 0.25) is 0 Å². The van der Waals surface area contributed by atoms with E-state index in [2.05, 4.69) is 0 Å². The van der Waals surface area contributed by atoms with Crippen LogP contribution in [0.3, 0.4) is 0 Å². The number of sulfonamides is 1. The van der Waals surface area contributed by atoms with Gasteiger partial charge in [0.25, 0.3) is 15.9 Å². The van der Waals surface area contributed by atoms with Crippen LogP contribution in [0.1, 0.15) is 16.7 Å². The number of amides is 1. The minimum atomic E-state index is -3.84. The number of hydrogen-bond acceptors (Lipinski definition) is 6. The van der Waals surface area contributed by atoms with E-state index >= 15 is 0 Å². The van der Waals surface area contributed by atoms with Crippen LogP contribution in [0.4, 0.5) is 5.69 Å². The third kappa shape index (κ3) is 4.90. The molecular formula is C25H24N2O6S. The molecular weight excluding hydrogens is 456 g/mol. The highest BCUT2D eigenvalue weighted by atomic mass is 32.2. The Morgan fingerprint density at radius 2 is 1.85 bits per heavy atom. The standard InChI is InChI=1S/C25H24N2O6S/c1-32-21-8-10-22(11-9-21)34(30,31)27-14-13-20-15-19(7-12-24(28)26-29)16-23(25(20)27)33-17-18-5-3-2-4-6-18/h2-12,15-16,29H,13-14,17H2,1H3,(H,26,28)/b12-7+. The fourth-order valence-electron chi connectivity index (χ4n) is 3.76. The van der Waals surface area contributed by atoms with Crippen LogP contribution in [0.15, 0.2) is 77.7 Å². The molecule has 0 radical (unpaired) electrons. The molecule has 0 bridgehead atoms. The molecule has 0 aliphatic carbocycles. The zero-order valence-corrected chi connectivity index (χ0v) is 19.3. The highest BCUT2D eigenvalue weighted by molar-refractivity contribution is 7.92. The molecule has 0 aromatic heterocycles. The van der Waals surface area contributed by atoms with Gasteiger partial charge in [0.1, 0.15) is 18.1 Å². The number of hydroxylamine groups is 1. The molecule has 0 fully saturated rings. The smallest absolute Gasteiger partial charge is 0.267 e. The van der Waals surface area contributed by atoms with E-state index in [0.717, 1.165) is 11.1 Å². The average molecular weight is 481 g/mol. The fourth-order valence-corrected chi connectivity index (χ4v) is 5.28. The number of benzene rings is 3. The van der Waals surface area contributed by atoms with E-state index in [0.29, 0.717) is 29.2 Å². The first-order valence-electron chi connectivity index (χ1n) is 10.5. The van der Waals surface area contributed by atoms with Crippen molar-refractivity contribution in [2.45, 2.75) is 17.9 Å². The van der Waals surface area contributed by atoms with E-state index < -0.39 is 15.9 Å². The predicted octanol–water partition coefficient (Wildman–Crippen LogP) is 3.54. The summed E-state index contributed by atoms with van der Waals surface area (Å²) in [6.45, 7) is 0.504. The van der Waals surface area contributed by atoms with Crippen LogP contribution in [-0.2, 0) is 27.8 Å². The van der Waals surface area contributed by atoms with Gasteiger partial charge in [0.15, 0.2) is 0 Å². The van der Waals surface area contributed by atoms with Gasteiger partial charge in [-0.15, -0.1) is 0 Å². The van der Waals surface area contributed by atoms with Gasteiger partial charge in [0.2, 0.25) is 0 Å². The summed E-state index contributed by atoms with van der Waals surface area (Å²) in [5.41, 5.74) is 4.39. The Kier molecular flexibility index (Phi) is 6.85. The number of rotatable bonds is 8. The van der Waals surface area contributed by atoms with E-state index in [-0.39, 0.29) is 18.0 Å². The van der Waals surface area contributed by atoms with Crippen molar-refractivity contribution in [2.75, 3.05) is 18.0 Å². The number of carbonyl (C=O) groups excluding carboxylic acids is 1. The first kappa shape index (κ1) is 23.3. The van der Waals surface area contributed by atoms with E-state index in [4.69, 9.17) is 14.7 Å². The molecule has 2 N–H and O–H groups in total. The SMILES string of the molecule is COc1ccc(S(=O)(=O)N2CCc3cc(/C=C/C(=O)NO)cc(OCc4ccccc4)c32)cc1. The molecule has 0 atom stereocenters.